The van der Waals surface area contributed by atoms with Crippen molar-refractivity contribution in [1.82, 2.24) is 19.1 Å². The molecule has 0 amide bonds. The first kappa shape index (κ1) is 29.0. The fourth-order valence-electron chi connectivity index (χ4n) is 6.94. The third-order valence-corrected chi connectivity index (χ3v) is 9.37. The Bertz CT molecular complexity index is 2490. The van der Waals surface area contributed by atoms with Gasteiger partial charge in [0.05, 0.1) is 27.8 Å². The number of fused-ring (bicyclic) bond motifs is 6. The number of pyridine rings is 2. The highest BCUT2D eigenvalue weighted by Gasteiger charge is 2.26. The molecule has 0 bridgehead atoms. The number of para-hydroxylation sites is 2. The summed E-state index contributed by atoms with van der Waals surface area (Å²) in [6, 6.07) is 38.1. The zero-order valence-corrected chi connectivity index (χ0v) is 27.7. The standard InChI is InChI=1S/C42H38N4O/c1-41(2,3)26-22-31(40(47)32(23-26)42(4,5)6)33-16-13-20-39(44-33)46-35-18-10-8-15-28(35)30-24-29-27-14-7-9-17-34(27)45(36(29)25-37(30)46)38-19-11-12-21-43-38/h7-25,47H,1-6H3. The summed E-state index contributed by atoms with van der Waals surface area (Å²) >= 11 is 0. The van der Waals surface area contributed by atoms with E-state index in [4.69, 9.17) is 9.97 Å². The fourth-order valence-corrected chi connectivity index (χ4v) is 6.94. The van der Waals surface area contributed by atoms with Crippen LogP contribution in [0.1, 0.15) is 52.7 Å². The van der Waals surface area contributed by atoms with Crippen molar-refractivity contribution in [3.63, 3.8) is 0 Å². The van der Waals surface area contributed by atoms with Crippen LogP contribution in [0.5, 0.6) is 5.75 Å². The molecule has 0 aliphatic heterocycles. The summed E-state index contributed by atoms with van der Waals surface area (Å²) in [7, 11) is 0. The van der Waals surface area contributed by atoms with Crippen LogP contribution in [0, 0.1) is 0 Å². The first-order valence-electron chi connectivity index (χ1n) is 16.2. The number of rotatable bonds is 3. The van der Waals surface area contributed by atoms with E-state index in [1.165, 1.54) is 21.7 Å². The van der Waals surface area contributed by atoms with Crippen LogP contribution in [0.15, 0.2) is 115 Å². The van der Waals surface area contributed by atoms with Gasteiger partial charge in [0.2, 0.25) is 0 Å². The van der Waals surface area contributed by atoms with Gasteiger partial charge in [0, 0.05) is 38.9 Å². The van der Waals surface area contributed by atoms with Crippen molar-refractivity contribution in [2.24, 2.45) is 0 Å². The first-order chi connectivity index (χ1) is 22.5. The molecule has 0 fully saturated rings. The topological polar surface area (TPSA) is 55.9 Å². The van der Waals surface area contributed by atoms with E-state index >= 15 is 0 Å². The summed E-state index contributed by atoms with van der Waals surface area (Å²) < 4.78 is 4.50. The number of phenols is 1. The average Bonchev–Trinajstić information content (AvgIpc) is 3.55. The number of phenolic OH excluding ortho intramolecular Hbond substituents is 1. The Balaban J connectivity index is 1.43. The highest BCUT2D eigenvalue weighted by Crippen LogP contribution is 2.43. The monoisotopic (exact) mass is 614 g/mol. The van der Waals surface area contributed by atoms with Crippen LogP contribution in [0.4, 0.5) is 0 Å². The van der Waals surface area contributed by atoms with Gasteiger partial charge in [-0.3, -0.25) is 9.13 Å². The molecule has 8 aromatic rings. The molecule has 5 nitrogen and oxygen atoms in total. The minimum absolute atomic E-state index is 0.0929. The van der Waals surface area contributed by atoms with Gasteiger partial charge in [0.15, 0.2) is 0 Å². The Labute approximate surface area is 274 Å². The van der Waals surface area contributed by atoms with Crippen molar-refractivity contribution in [3.05, 3.63) is 127 Å². The highest BCUT2D eigenvalue weighted by atomic mass is 16.3. The van der Waals surface area contributed by atoms with Gasteiger partial charge in [0.1, 0.15) is 17.4 Å². The lowest BCUT2D eigenvalue weighted by molar-refractivity contribution is 0.446. The Hall–Kier alpha value is -5.42. The van der Waals surface area contributed by atoms with Gasteiger partial charge in [-0.15, -0.1) is 0 Å². The molecule has 232 valence electrons. The largest absolute Gasteiger partial charge is 0.507 e. The molecule has 1 N–H and O–H groups in total. The Morgan fingerprint density at radius 1 is 0.532 bits per heavy atom. The second-order valence-corrected chi connectivity index (χ2v) is 14.6. The lowest BCUT2D eigenvalue weighted by Crippen LogP contribution is -2.17. The maximum atomic E-state index is 11.7. The molecule has 47 heavy (non-hydrogen) atoms. The van der Waals surface area contributed by atoms with Crippen molar-refractivity contribution in [2.45, 2.75) is 52.4 Å². The summed E-state index contributed by atoms with van der Waals surface area (Å²) in [6.07, 6.45) is 1.84. The summed E-state index contributed by atoms with van der Waals surface area (Å²) in [5.41, 5.74) is 7.61. The van der Waals surface area contributed by atoms with Crippen molar-refractivity contribution < 1.29 is 5.11 Å². The van der Waals surface area contributed by atoms with Crippen LogP contribution in [-0.4, -0.2) is 24.2 Å². The molecule has 0 spiro atoms. The summed E-state index contributed by atoms with van der Waals surface area (Å²) in [5, 5.41) is 16.4. The molecule has 0 unspecified atom stereocenters. The number of aromatic hydroxyl groups is 1. The minimum Gasteiger partial charge on any atom is -0.507 e. The molecule has 4 heterocycles. The lowest BCUT2D eigenvalue weighted by Gasteiger charge is -2.27. The number of benzene rings is 4. The normalized spacial score (nSPS) is 12.6. The van der Waals surface area contributed by atoms with E-state index in [-0.39, 0.29) is 10.8 Å². The molecule has 0 saturated heterocycles. The van der Waals surface area contributed by atoms with Crippen LogP contribution in [0.2, 0.25) is 0 Å². The van der Waals surface area contributed by atoms with Crippen molar-refractivity contribution in [3.8, 4) is 28.6 Å². The predicted molar refractivity (Wildman–Crippen MR) is 195 cm³/mol. The first-order valence-corrected chi connectivity index (χ1v) is 16.2. The molecule has 4 aromatic heterocycles. The zero-order chi connectivity index (χ0) is 32.7. The predicted octanol–water partition coefficient (Wildman–Crippen LogP) is 10.6. The van der Waals surface area contributed by atoms with E-state index in [0.29, 0.717) is 5.75 Å². The van der Waals surface area contributed by atoms with E-state index < -0.39 is 0 Å². The van der Waals surface area contributed by atoms with E-state index in [2.05, 4.69) is 136 Å². The third kappa shape index (κ3) is 4.60. The van der Waals surface area contributed by atoms with Crippen molar-refractivity contribution in [1.29, 1.82) is 0 Å². The molecule has 0 saturated carbocycles. The summed E-state index contributed by atoms with van der Waals surface area (Å²) in [5.74, 6) is 1.97. The highest BCUT2D eigenvalue weighted by molar-refractivity contribution is 6.19. The summed E-state index contributed by atoms with van der Waals surface area (Å²) in [4.78, 5) is 10.0. The van der Waals surface area contributed by atoms with Gasteiger partial charge in [-0.25, -0.2) is 9.97 Å². The van der Waals surface area contributed by atoms with Crippen LogP contribution < -0.4 is 0 Å². The van der Waals surface area contributed by atoms with Crippen molar-refractivity contribution in [2.75, 3.05) is 0 Å². The number of hydrogen-bond acceptors (Lipinski definition) is 3. The zero-order valence-electron chi connectivity index (χ0n) is 27.7. The van der Waals surface area contributed by atoms with Gasteiger partial charge in [0.25, 0.3) is 0 Å². The van der Waals surface area contributed by atoms with Crippen LogP contribution in [0.3, 0.4) is 0 Å². The Morgan fingerprint density at radius 2 is 1.13 bits per heavy atom. The molecule has 4 aromatic carbocycles. The van der Waals surface area contributed by atoms with E-state index in [9.17, 15) is 5.11 Å². The minimum atomic E-state index is -0.234. The Kier molecular flexibility index (Phi) is 6.36. The van der Waals surface area contributed by atoms with Crippen LogP contribution in [0.25, 0.3) is 66.5 Å². The van der Waals surface area contributed by atoms with E-state index in [1.54, 1.807) is 0 Å². The molecular weight excluding hydrogens is 576 g/mol. The van der Waals surface area contributed by atoms with E-state index in [0.717, 1.165) is 55.9 Å². The molecule has 0 aliphatic carbocycles. The van der Waals surface area contributed by atoms with Gasteiger partial charge < -0.3 is 5.11 Å². The maximum Gasteiger partial charge on any atom is 0.138 e. The Morgan fingerprint density at radius 3 is 1.72 bits per heavy atom. The van der Waals surface area contributed by atoms with Crippen molar-refractivity contribution >= 4 is 43.6 Å². The van der Waals surface area contributed by atoms with Crippen LogP contribution >= 0.6 is 0 Å². The quantitative estimate of drug-likeness (QED) is 0.215. The van der Waals surface area contributed by atoms with Gasteiger partial charge >= 0.3 is 0 Å². The average molecular weight is 615 g/mol. The third-order valence-electron chi connectivity index (χ3n) is 9.37. The molecule has 0 aliphatic rings. The lowest BCUT2D eigenvalue weighted by atomic mass is 9.78. The fraction of sp³-hybridized carbons (Fsp3) is 0.190. The number of hydrogen-bond donors (Lipinski definition) is 1. The molecule has 0 radical (unpaired) electrons. The SMILES string of the molecule is CC(C)(C)c1cc(-c2cccc(-n3c4ccccc4c4cc5c6ccccc6n(-c6ccccn6)c5cc43)n2)c(O)c(C(C)(C)C)c1. The molecule has 0 atom stereocenters. The number of aromatic nitrogens is 4. The van der Waals surface area contributed by atoms with Gasteiger partial charge in [-0.05, 0) is 71.0 Å². The molecular formula is C42H38N4O. The van der Waals surface area contributed by atoms with Crippen LogP contribution in [-0.2, 0) is 10.8 Å². The molecule has 5 heteroatoms. The smallest absolute Gasteiger partial charge is 0.138 e. The summed E-state index contributed by atoms with van der Waals surface area (Å²) in [6.45, 7) is 13.1. The second-order valence-electron chi connectivity index (χ2n) is 14.6. The van der Waals surface area contributed by atoms with Gasteiger partial charge in [-0.1, -0.05) is 96.1 Å². The van der Waals surface area contributed by atoms with E-state index in [1.807, 2.05) is 30.5 Å². The molecule has 8 rings (SSSR count). The number of nitrogens with zero attached hydrogens (tertiary/aromatic N) is 4. The maximum absolute atomic E-state index is 11.7. The second kappa shape index (κ2) is 10.3. The van der Waals surface area contributed by atoms with Gasteiger partial charge in [-0.2, -0.15) is 0 Å².